The van der Waals surface area contributed by atoms with E-state index in [1.165, 1.54) is 10.4 Å². The van der Waals surface area contributed by atoms with Gasteiger partial charge in [-0.15, -0.1) is 0 Å². The van der Waals surface area contributed by atoms with Crippen LogP contribution >= 0.6 is 0 Å². The number of methoxy groups -OCH3 is 1. The van der Waals surface area contributed by atoms with Gasteiger partial charge in [0.2, 0.25) is 10.0 Å². The Bertz CT molecular complexity index is 1070. The van der Waals surface area contributed by atoms with Crippen LogP contribution in [-0.2, 0) is 10.0 Å². The van der Waals surface area contributed by atoms with Gasteiger partial charge in [0.05, 0.1) is 18.0 Å². The first-order valence-corrected chi connectivity index (χ1v) is 12.7. The lowest BCUT2D eigenvalue weighted by Gasteiger charge is -2.26. The van der Waals surface area contributed by atoms with Crippen LogP contribution in [0.15, 0.2) is 41.3 Å². The van der Waals surface area contributed by atoms with Crippen LogP contribution < -0.4 is 10.1 Å². The molecular formula is C25H34N2O4S. The smallest absolute Gasteiger partial charge is 0.251 e. The summed E-state index contributed by atoms with van der Waals surface area (Å²) in [6, 6.07) is 10.2. The zero-order chi connectivity index (χ0) is 23.5. The van der Waals surface area contributed by atoms with Gasteiger partial charge in [-0.3, -0.25) is 4.79 Å². The number of nitrogens with one attached hydrogen (secondary N) is 1. The molecule has 1 unspecified atom stereocenters. The van der Waals surface area contributed by atoms with E-state index in [-0.39, 0.29) is 22.8 Å². The standard InChI is InChI=1S/C25H34N2O4S/c1-17(2)22-16-23(18(3)14-24(22)31-5)19(4)26-25(28)20-10-9-11-21(15-20)32(29,30)27-12-7-6-8-13-27/h9-11,14-17,19H,6-8,12-13H2,1-5H3,(H,26,28). The maximum Gasteiger partial charge on any atom is 0.251 e. The zero-order valence-electron chi connectivity index (χ0n) is 19.6. The minimum Gasteiger partial charge on any atom is -0.496 e. The largest absolute Gasteiger partial charge is 0.496 e. The summed E-state index contributed by atoms with van der Waals surface area (Å²) < 4.78 is 33.0. The van der Waals surface area contributed by atoms with Crippen molar-refractivity contribution in [1.29, 1.82) is 0 Å². The van der Waals surface area contributed by atoms with Gasteiger partial charge in [0.25, 0.3) is 5.91 Å². The van der Waals surface area contributed by atoms with Crippen molar-refractivity contribution in [3.63, 3.8) is 0 Å². The first-order valence-electron chi connectivity index (χ1n) is 11.2. The molecule has 0 aliphatic carbocycles. The normalized spacial score (nSPS) is 16.1. The van der Waals surface area contributed by atoms with Crippen molar-refractivity contribution < 1.29 is 17.9 Å². The van der Waals surface area contributed by atoms with E-state index in [0.717, 1.165) is 41.7 Å². The number of hydrogen-bond donors (Lipinski definition) is 1. The lowest BCUT2D eigenvalue weighted by atomic mass is 9.93. The maximum atomic E-state index is 13.0. The molecule has 0 aromatic heterocycles. The van der Waals surface area contributed by atoms with E-state index in [1.807, 2.05) is 19.9 Å². The average molecular weight is 459 g/mol. The van der Waals surface area contributed by atoms with Crippen molar-refractivity contribution in [2.75, 3.05) is 20.2 Å². The van der Waals surface area contributed by atoms with Gasteiger partial charge in [0.15, 0.2) is 0 Å². The summed E-state index contributed by atoms with van der Waals surface area (Å²) in [5.41, 5.74) is 3.47. The molecule has 1 aliphatic rings. The van der Waals surface area contributed by atoms with E-state index in [9.17, 15) is 13.2 Å². The molecule has 1 amide bonds. The highest BCUT2D eigenvalue weighted by Gasteiger charge is 2.27. The molecule has 6 nitrogen and oxygen atoms in total. The highest BCUT2D eigenvalue weighted by Crippen LogP contribution is 2.32. The first-order chi connectivity index (χ1) is 15.1. The summed E-state index contributed by atoms with van der Waals surface area (Å²) >= 11 is 0. The molecule has 0 radical (unpaired) electrons. The second kappa shape index (κ2) is 10.0. The average Bonchev–Trinajstić information content (AvgIpc) is 2.79. The monoisotopic (exact) mass is 458 g/mol. The number of piperidine rings is 1. The first kappa shape index (κ1) is 24.3. The highest BCUT2D eigenvalue weighted by atomic mass is 32.2. The van der Waals surface area contributed by atoms with E-state index in [4.69, 9.17) is 4.74 Å². The molecule has 7 heteroatoms. The molecule has 0 bridgehead atoms. The molecule has 1 atom stereocenters. The Kier molecular flexibility index (Phi) is 7.62. The third-order valence-corrected chi connectivity index (χ3v) is 8.00. The number of aryl methyl sites for hydroxylation is 1. The third-order valence-electron chi connectivity index (χ3n) is 6.10. The Balaban J connectivity index is 1.82. The molecule has 1 N–H and O–H groups in total. The van der Waals surface area contributed by atoms with Gasteiger partial charge < -0.3 is 10.1 Å². The number of benzene rings is 2. The molecule has 2 aromatic rings. The van der Waals surface area contributed by atoms with Crippen LogP contribution in [0.2, 0.25) is 0 Å². The molecule has 2 aromatic carbocycles. The lowest BCUT2D eigenvalue weighted by Crippen LogP contribution is -2.35. The van der Waals surface area contributed by atoms with Gasteiger partial charge >= 0.3 is 0 Å². The van der Waals surface area contributed by atoms with Crippen molar-refractivity contribution >= 4 is 15.9 Å². The molecule has 0 saturated carbocycles. The Morgan fingerprint density at radius 1 is 1.03 bits per heavy atom. The number of ether oxygens (including phenoxy) is 1. The van der Waals surface area contributed by atoms with E-state index >= 15 is 0 Å². The van der Waals surface area contributed by atoms with Crippen LogP contribution in [-0.4, -0.2) is 38.8 Å². The molecule has 174 valence electrons. The van der Waals surface area contributed by atoms with Crippen LogP contribution in [0.25, 0.3) is 0 Å². The molecule has 1 aliphatic heterocycles. The lowest BCUT2D eigenvalue weighted by molar-refractivity contribution is 0.0939. The highest BCUT2D eigenvalue weighted by molar-refractivity contribution is 7.89. The van der Waals surface area contributed by atoms with Crippen molar-refractivity contribution in [3.05, 3.63) is 58.7 Å². The van der Waals surface area contributed by atoms with Crippen LogP contribution in [0.1, 0.15) is 79.0 Å². The van der Waals surface area contributed by atoms with Gasteiger partial charge in [-0.2, -0.15) is 4.31 Å². The Hall–Kier alpha value is -2.38. The Labute approximate surface area is 192 Å². The van der Waals surface area contributed by atoms with Crippen molar-refractivity contribution in [1.82, 2.24) is 9.62 Å². The van der Waals surface area contributed by atoms with E-state index in [1.54, 1.807) is 25.3 Å². The minimum absolute atomic E-state index is 0.169. The fourth-order valence-corrected chi connectivity index (χ4v) is 5.78. The number of carbonyl (C=O) groups is 1. The zero-order valence-corrected chi connectivity index (χ0v) is 20.5. The molecular weight excluding hydrogens is 424 g/mol. The molecule has 0 spiro atoms. The second-order valence-electron chi connectivity index (χ2n) is 8.79. The maximum absolute atomic E-state index is 13.0. The molecule has 1 fully saturated rings. The van der Waals surface area contributed by atoms with Crippen LogP contribution in [0.5, 0.6) is 5.75 Å². The quantitative estimate of drug-likeness (QED) is 0.647. The van der Waals surface area contributed by atoms with Crippen LogP contribution in [0, 0.1) is 6.92 Å². The summed E-state index contributed by atoms with van der Waals surface area (Å²) in [4.78, 5) is 13.2. The van der Waals surface area contributed by atoms with Gasteiger partial charge in [-0.25, -0.2) is 8.42 Å². The van der Waals surface area contributed by atoms with Crippen molar-refractivity contribution in [2.45, 2.75) is 63.8 Å². The Morgan fingerprint density at radius 3 is 2.34 bits per heavy atom. The predicted octanol–water partition coefficient (Wildman–Crippen LogP) is 4.79. The van der Waals surface area contributed by atoms with Gasteiger partial charge in [0.1, 0.15) is 5.75 Å². The molecule has 1 heterocycles. The Morgan fingerprint density at radius 2 is 1.72 bits per heavy atom. The number of rotatable bonds is 7. The second-order valence-corrected chi connectivity index (χ2v) is 10.7. The summed E-state index contributed by atoms with van der Waals surface area (Å²) in [5, 5.41) is 3.03. The molecule has 3 rings (SSSR count). The molecule has 32 heavy (non-hydrogen) atoms. The minimum atomic E-state index is -3.59. The number of nitrogens with zero attached hydrogens (tertiary/aromatic N) is 1. The summed E-state index contributed by atoms with van der Waals surface area (Å²) in [6.07, 6.45) is 2.79. The van der Waals surface area contributed by atoms with Crippen LogP contribution in [0.3, 0.4) is 0 Å². The fourth-order valence-electron chi connectivity index (χ4n) is 4.22. The fraction of sp³-hybridized carbons (Fsp3) is 0.480. The van der Waals surface area contributed by atoms with Crippen LogP contribution in [0.4, 0.5) is 0 Å². The topological polar surface area (TPSA) is 75.7 Å². The number of hydrogen-bond acceptors (Lipinski definition) is 4. The number of sulfonamides is 1. The van der Waals surface area contributed by atoms with E-state index < -0.39 is 10.0 Å². The number of amides is 1. The van der Waals surface area contributed by atoms with Crippen molar-refractivity contribution in [3.8, 4) is 5.75 Å². The predicted molar refractivity (Wildman–Crippen MR) is 127 cm³/mol. The van der Waals surface area contributed by atoms with E-state index in [2.05, 4.69) is 25.2 Å². The van der Waals surface area contributed by atoms with Gasteiger partial charge in [-0.05, 0) is 79.6 Å². The third kappa shape index (κ3) is 5.15. The summed E-state index contributed by atoms with van der Waals surface area (Å²) in [7, 11) is -1.93. The molecule has 1 saturated heterocycles. The summed E-state index contributed by atoms with van der Waals surface area (Å²) in [5.74, 6) is 0.828. The van der Waals surface area contributed by atoms with Gasteiger partial charge in [-0.1, -0.05) is 26.3 Å². The summed E-state index contributed by atoms with van der Waals surface area (Å²) in [6.45, 7) is 9.21. The SMILES string of the molecule is COc1cc(C)c(C(C)NC(=O)c2cccc(S(=O)(=O)N3CCCCC3)c2)cc1C(C)C. The van der Waals surface area contributed by atoms with Gasteiger partial charge in [0, 0.05) is 18.7 Å². The number of carbonyl (C=O) groups excluding carboxylic acids is 1. The van der Waals surface area contributed by atoms with E-state index in [0.29, 0.717) is 18.7 Å². The van der Waals surface area contributed by atoms with Crippen molar-refractivity contribution in [2.24, 2.45) is 0 Å².